The molecule has 0 radical (unpaired) electrons. The van der Waals surface area contributed by atoms with E-state index in [2.05, 4.69) is 25.7 Å². The average Bonchev–Trinajstić information content (AvgIpc) is 3.25. The Bertz CT molecular complexity index is 1150. The van der Waals surface area contributed by atoms with Crippen molar-refractivity contribution in [2.75, 3.05) is 18.5 Å². The summed E-state index contributed by atoms with van der Waals surface area (Å²) in [5, 5.41) is 16.2. The Morgan fingerprint density at radius 3 is 2.48 bits per heavy atom. The molecule has 1 aliphatic rings. The number of hydrogen-bond donors (Lipinski definition) is 1. The number of rotatable bonds is 4. The van der Waals surface area contributed by atoms with E-state index in [1.54, 1.807) is 24.3 Å². The Hall–Kier alpha value is -3.65. The molecule has 2 aromatic carbocycles. The van der Waals surface area contributed by atoms with Gasteiger partial charge in [-0.15, -0.1) is 10.2 Å². The molecule has 8 nitrogen and oxygen atoms in total. The first-order valence-electron chi connectivity index (χ1n) is 8.85. The monoisotopic (exact) mass is 407 g/mol. The molecule has 0 unspecified atom stereocenters. The van der Waals surface area contributed by atoms with Gasteiger partial charge in [0.2, 0.25) is 5.82 Å². The minimum Gasteiger partial charge on any atom is -0.486 e. The molecule has 0 aliphatic carbocycles. The summed E-state index contributed by atoms with van der Waals surface area (Å²) < 4.78 is 16.4. The molecule has 3 heterocycles. The predicted octanol–water partition coefficient (Wildman–Crippen LogP) is 4.36. The summed E-state index contributed by atoms with van der Waals surface area (Å²) in [6.07, 6.45) is 0. The topological polar surface area (TPSA) is 95.2 Å². The number of nitrogens with one attached hydrogen (secondary N) is 1. The summed E-state index contributed by atoms with van der Waals surface area (Å²) in [5.74, 6) is 2.75. The number of nitrogens with zero attached hydrogens (tertiary/aromatic N) is 4. The summed E-state index contributed by atoms with van der Waals surface area (Å²) in [7, 11) is 0. The van der Waals surface area contributed by atoms with Gasteiger partial charge in [0.25, 0.3) is 5.89 Å². The molecule has 0 spiro atoms. The molecule has 0 fully saturated rings. The first-order valence-corrected chi connectivity index (χ1v) is 9.23. The van der Waals surface area contributed by atoms with Gasteiger partial charge in [0, 0.05) is 22.3 Å². The van der Waals surface area contributed by atoms with Crippen LogP contribution in [0.4, 0.5) is 11.5 Å². The molecule has 144 valence electrons. The average molecular weight is 408 g/mol. The quantitative estimate of drug-likeness (QED) is 0.533. The lowest BCUT2D eigenvalue weighted by Crippen LogP contribution is -2.15. The number of fused-ring (bicyclic) bond motifs is 1. The molecule has 1 N–H and O–H groups in total. The minimum atomic E-state index is 0.285. The van der Waals surface area contributed by atoms with Crippen LogP contribution in [0.5, 0.6) is 11.5 Å². The number of anilines is 2. The standard InChI is InChI=1S/C20H14ClN5O3/c21-13-3-1-12(2-4-13)19-23-20(29-26-19)15-6-8-18(25-24-15)22-14-5-7-16-17(11-14)28-10-9-27-16/h1-8,11H,9-10H2,(H,22,25). The molecule has 29 heavy (non-hydrogen) atoms. The van der Waals surface area contributed by atoms with E-state index in [1.807, 2.05) is 30.3 Å². The maximum absolute atomic E-state index is 5.91. The third kappa shape index (κ3) is 3.70. The highest BCUT2D eigenvalue weighted by Gasteiger charge is 2.14. The van der Waals surface area contributed by atoms with Crippen LogP contribution in [-0.2, 0) is 0 Å². The van der Waals surface area contributed by atoms with Crippen LogP contribution in [0.25, 0.3) is 23.0 Å². The van der Waals surface area contributed by atoms with Crippen molar-refractivity contribution in [3.8, 4) is 34.5 Å². The smallest absolute Gasteiger partial charge is 0.278 e. The highest BCUT2D eigenvalue weighted by atomic mass is 35.5. The summed E-state index contributed by atoms with van der Waals surface area (Å²) in [6, 6.07) is 16.3. The fourth-order valence-corrected chi connectivity index (χ4v) is 2.95. The third-order valence-electron chi connectivity index (χ3n) is 4.23. The van der Waals surface area contributed by atoms with Crippen LogP contribution in [0.2, 0.25) is 5.02 Å². The third-order valence-corrected chi connectivity index (χ3v) is 4.48. The second kappa shape index (κ2) is 7.40. The Kier molecular flexibility index (Phi) is 4.45. The molecule has 0 amide bonds. The number of benzene rings is 2. The van der Waals surface area contributed by atoms with E-state index in [1.165, 1.54) is 0 Å². The van der Waals surface area contributed by atoms with Crippen LogP contribution in [0.1, 0.15) is 0 Å². The molecule has 5 rings (SSSR count). The number of ether oxygens (including phenoxy) is 2. The van der Waals surface area contributed by atoms with Crippen molar-refractivity contribution in [1.82, 2.24) is 20.3 Å². The van der Waals surface area contributed by atoms with Crippen molar-refractivity contribution < 1.29 is 14.0 Å². The predicted molar refractivity (Wildman–Crippen MR) is 106 cm³/mol. The SMILES string of the molecule is Clc1ccc(-c2noc(-c3ccc(Nc4ccc5c(c4)OCCO5)nn3)n2)cc1. The lowest BCUT2D eigenvalue weighted by Gasteiger charge is -2.19. The van der Waals surface area contributed by atoms with Crippen molar-refractivity contribution in [2.24, 2.45) is 0 Å². The maximum Gasteiger partial charge on any atom is 0.278 e. The lowest BCUT2D eigenvalue weighted by atomic mass is 10.2. The minimum absolute atomic E-state index is 0.285. The van der Waals surface area contributed by atoms with Gasteiger partial charge in [0.05, 0.1) is 0 Å². The molecule has 0 atom stereocenters. The Labute approximate surface area is 170 Å². The Morgan fingerprint density at radius 1 is 0.862 bits per heavy atom. The van der Waals surface area contributed by atoms with Crippen LogP contribution < -0.4 is 14.8 Å². The second-order valence-corrected chi connectivity index (χ2v) is 6.65. The Balaban J connectivity index is 1.32. The summed E-state index contributed by atoms with van der Waals surface area (Å²) in [6.45, 7) is 1.09. The van der Waals surface area contributed by atoms with Crippen LogP contribution >= 0.6 is 11.6 Å². The molecule has 1 aliphatic heterocycles. The molecule has 2 aromatic heterocycles. The van der Waals surface area contributed by atoms with Gasteiger partial charge < -0.3 is 19.3 Å². The highest BCUT2D eigenvalue weighted by Crippen LogP contribution is 2.33. The first kappa shape index (κ1) is 17.4. The van der Waals surface area contributed by atoms with Gasteiger partial charge in [0.1, 0.15) is 13.2 Å². The van der Waals surface area contributed by atoms with Crippen molar-refractivity contribution in [3.05, 3.63) is 59.6 Å². The van der Waals surface area contributed by atoms with Crippen molar-refractivity contribution in [2.45, 2.75) is 0 Å². The van der Waals surface area contributed by atoms with Gasteiger partial charge >= 0.3 is 0 Å². The molecular formula is C20H14ClN5O3. The molecule has 9 heteroatoms. The fraction of sp³-hybridized carbons (Fsp3) is 0.100. The van der Waals surface area contributed by atoms with Crippen molar-refractivity contribution in [3.63, 3.8) is 0 Å². The van der Waals surface area contributed by atoms with Crippen LogP contribution in [-0.4, -0.2) is 33.6 Å². The van der Waals surface area contributed by atoms with E-state index in [0.29, 0.717) is 41.3 Å². The molecule has 4 aromatic rings. The summed E-state index contributed by atoms with van der Waals surface area (Å²) >= 11 is 5.91. The van der Waals surface area contributed by atoms with Gasteiger partial charge in [-0.1, -0.05) is 16.8 Å². The summed E-state index contributed by atoms with van der Waals surface area (Å²) in [5.41, 5.74) is 2.10. The van der Waals surface area contributed by atoms with Crippen molar-refractivity contribution in [1.29, 1.82) is 0 Å². The van der Waals surface area contributed by atoms with E-state index in [9.17, 15) is 0 Å². The zero-order valence-corrected chi connectivity index (χ0v) is 15.8. The van der Waals surface area contributed by atoms with E-state index in [0.717, 1.165) is 17.0 Å². The fourth-order valence-electron chi connectivity index (χ4n) is 2.83. The number of hydrogen-bond acceptors (Lipinski definition) is 8. The maximum atomic E-state index is 5.91. The van der Waals surface area contributed by atoms with E-state index < -0.39 is 0 Å². The lowest BCUT2D eigenvalue weighted by molar-refractivity contribution is 0.171. The molecule has 0 saturated carbocycles. The largest absolute Gasteiger partial charge is 0.486 e. The molecular weight excluding hydrogens is 394 g/mol. The zero-order chi connectivity index (χ0) is 19.6. The van der Waals surface area contributed by atoms with Gasteiger partial charge in [-0.3, -0.25) is 0 Å². The number of halogens is 1. The highest BCUT2D eigenvalue weighted by molar-refractivity contribution is 6.30. The first-order chi connectivity index (χ1) is 14.2. The van der Waals surface area contributed by atoms with Gasteiger partial charge in [-0.2, -0.15) is 4.98 Å². The van der Waals surface area contributed by atoms with Crippen molar-refractivity contribution >= 4 is 23.1 Å². The van der Waals surface area contributed by atoms with Gasteiger partial charge in [-0.05, 0) is 48.5 Å². The number of aromatic nitrogens is 4. The van der Waals surface area contributed by atoms with Crippen LogP contribution in [0.15, 0.2) is 59.1 Å². The molecule has 0 saturated heterocycles. The van der Waals surface area contributed by atoms with Gasteiger partial charge in [-0.25, -0.2) is 0 Å². The van der Waals surface area contributed by atoms with Crippen LogP contribution in [0.3, 0.4) is 0 Å². The second-order valence-electron chi connectivity index (χ2n) is 6.22. The summed E-state index contributed by atoms with van der Waals surface area (Å²) in [4.78, 5) is 4.37. The van der Waals surface area contributed by atoms with E-state index >= 15 is 0 Å². The Morgan fingerprint density at radius 2 is 1.69 bits per heavy atom. The van der Waals surface area contributed by atoms with Gasteiger partial charge in [0.15, 0.2) is 23.0 Å². The van der Waals surface area contributed by atoms with E-state index in [-0.39, 0.29) is 5.89 Å². The van der Waals surface area contributed by atoms with Crippen LogP contribution in [0, 0.1) is 0 Å². The normalized spacial score (nSPS) is 12.6. The van der Waals surface area contributed by atoms with E-state index in [4.69, 9.17) is 25.6 Å². The zero-order valence-electron chi connectivity index (χ0n) is 15.0. The molecule has 0 bridgehead atoms.